The average Bonchev–Trinajstić information content (AvgIpc) is 3.07. The van der Waals surface area contributed by atoms with E-state index in [-0.39, 0.29) is 12.0 Å². The van der Waals surface area contributed by atoms with E-state index in [1.54, 1.807) is 25.1 Å². The normalized spacial score (nSPS) is 18.2. The van der Waals surface area contributed by atoms with Gasteiger partial charge in [0, 0.05) is 18.8 Å². The lowest BCUT2D eigenvalue weighted by atomic mass is 10.2. The molecule has 1 aromatic carbocycles. The van der Waals surface area contributed by atoms with Crippen LogP contribution >= 0.6 is 0 Å². The lowest BCUT2D eigenvalue weighted by Gasteiger charge is -2.15. The Balaban J connectivity index is 1.84. The van der Waals surface area contributed by atoms with Crippen molar-refractivity contribution in [1.29, 1.82) is 0 Å². The molecule has 1 amide bonds. The molecule has 5 nitrogen and oxygen atoms in total. The molecule has 2 rings (SSSR count). The van der Waals surface area contributed by atoms with Crippen molar-refractivity contribution in [3.8, 4) is 0 Å². The second kappa shape index (κ2) is 9.39. The number of hydrogen-bond donors (Lipinski definition) is 2. The topological polar surface area (TPSA) is 59.6 Å². The maximum atomic E-state index is 14.1. The number of amides is 1. The van der Waals surface area contributed by atoms with E-state index >= 15 is 0 Å². The third-order valence-corrected chi connectivity index (χ3v) is 3.84. The molecule has 1 aliphatic heterocycles. The second-order valence-corrected chi connectivity index (χ2v) is 5.79. The van der Waals surface area contributed by atoms with Gasteiger partial charge in [-0.3, -0.25) is 4.79 Å². The summed E-state index contributed by atoms with van der Waals surface area (Å²) in [5.74, 6) is -0.718. The van der Waals surface area contributed by atoms with Crippen LogP contribution in [0.1, 0.15) is 26.2 Å². The van der Waals surface area contributed by atoms with Crippen LogP contribution in [0.4, 0.5) is 15.8 Å². The summed E-state index contributed by atoms with van der Waals surface area (Å²) in [5.41, 5.74) is 0.804. The fourth-order valence-corrected chi connectivity index (χ4v) is 2.41. The van der Waals surface area contributed by atoms with Crippen molar-refractivity contribution in [1.82, 2.24) is 0 Å². The molecule has 1 aliphatic rings. The van der Waals surface area contributed by atoms with Gasteiger partial charge < -0.3 is 20.1 Å². The van der Waals surface area contributed by atoms with E-state index in [1.807, 2.05) is 0 Å². The molecule has 1 fully saturated rings. The molecule has 1 aromatic rings. The molecular weight excluding hydrogens is 311 g/mol. The van der Waals surface area contributed by atoms with Crippen LogP contribution in [-0.4, -0.2) is 37.9 Å². The van der Waals surface area contributed by atoms with E-state index in [1.165, 1.54) is 6.07 Å². The first-order valence-corrected chi connectivity index (χ1v) is 8.28. The van der Waals surface area contributed by atoms with Gasteiger partial charge in [-0.25, -0.2) is 4.39 Å². The molecule has 6 heteroatoms. The summed E-state index contributed by atoms with van der Waals surface area (Å²) in [5, 5.41) is 5.70. The molecule has 24 heavy (non-hydrogen) atoms. The monoisotopic (exact) mass is 336 g/mol. The average molecular weight is 336 g/mol. The molecule has 0 unspecified atom stereocenters. The zero-order valence-electron chi connectivity index (χ0n) is 14.0. The van der Waals surface area contributed by atoms with Crippen molar-refractivity contribution in [3.05, 3.63) is 36.7 Å². The smallest absolute Gasteiger partial charge is 0.253 e. The first kappa shape index (κ1) is 18.4. The number of carbonyl (C=O) groups is 1. The Labute approximate surface area is 142 Å². The Morgan fingerprint density at radius 1 is 1.58 bits per heavy atom. The Morgan fingerprint density at radius 3 is 3.08 bits per heavy atom. The van der Waals surface area contributed by atoms with Gasteiger partial charge in [-0.1, -0.05) is 6.08 Å². The molecule has 2 N–H and O–H groups in total. The maximum Gasteiger partial charge on any atom is 0.253 e. The van der Waals surface area contributed by atoms with Crippen LogP contribution in [0, 0.1) is 5.82 Å². The van der Waals surface area contributed by atoms with Gasteiger partial charge >= 0.3 is 0 Å². The number of anilines is 2. The molecular formula is C18H25FN2O3. The van der Waals surface area contributed by atoms with Crippen molar-refractivity contribution in [2.75, 3.05) is 30.4 Å². The van der Waals surface area contributed by atoms with Crippen LogP contribution in [0.25, 0.3) is 0 Å². The molecule has 0 spiro atoms. The zero-order chi connectivity index (χ0) is 17.4. The van der Waals surface area contributed by atoms with Crippen LogP contribution in [-0.2, 0) is 14.3 Å². The van der Waals surface area contributed by atoms with Crippen LogP contribution in [0.3, 0.4) is 0 Å². The fourth-order valence-electron chi connectivity index (χ4n) is 2.41. The predicted molar refractivity (Wildman–Crippen MR) is 92.7 cm³/mol. The number of halogens is 1. The molecule has 132 valence electrons. The molecule has 0 saturated carbocycles. The molecule has 0 aliphatic carbocycles. The highest BCUT2D eigenvalue weighted by Gasteiger charge is 2.16. The van der Waals surface area contributed by atoms with Crippen LogP contribution in [0.5, 0.6) is 0 Å². The predicted octanol–water partition coefficient (Wildman–Crippen LogP) is 3.34. The highest BCUT2D eigenvalue weighted by molar-refractivity contribution is 5.94. The lowest BCUT2D eigenvalue weighted by Crippen LogP contribution is -2.28. The van der Waals surface area contributed by atoms with Gasteiger partial charge in [-0.2, -0.15) is 0 Å². The van der Waals surface area contributed by atoms with Gasteiger partial charge in [0.05, 0.1) is 18.4 Å². The number of nitrogens with one attached hydrogen (secondary N) is 2. The molecule has 2 atom stereocenters. The summed E-state index contributed by atoms with van der Waals surface area (Å²) in [4.78, 5) is 12.0. The molecule has 0 aromatic heterocycles. The van der Waals surface area contributed by atoms with E-state index < -0.39 is 11.9 Å². The van der Waals surface area contributed by atoms with Gasteiger partial charge in [0.15, 0.2) is 0 Å². The van der Waals surface area contributed by atoms with Crippen molar-refractivity contribution < 1.29 is 18.7 Å². The quantitative estimate of drug-likeness (QED) is 0.536. The van der Waals surface area contributed by atoms with E-state index in [4.69, 9.17) is 9.47 Å². The largest absolute Gasteiger partial charge is 0.380 e. The highest BCUT2D eigenvalue weighted by atomic mass is 19.1. The van der Waals surface area contributed by atoms with E-state index in [0.717, 1.165) is 19.4 Å². The first-order chi connectivity index (χ1) is 11.6. The van der Waals surface area contributed by atoms with Gasteiger partial charge in [0.25, 0.3) is 5.91 Å². The Hall–Kier alpha value is -1.92. The standard InChI is InChI=1S/C18H25FN2O3/c1-3-4-9-23-13(2)18(22)21-14-7-8-17(16(19)11-14)20-12-15-6-5-10-24-15/h3,7-8,11,13,15,20H,1,4-6,9-10,12H2,2H3,(H,21,22)/t13-,15-/m1/s1. The van der Waals surface area contributed by atoms with E-state index in [9.17, 15) is 9.18 Å². The zero-order valence-corrected chi connectivity index (χ0v) is 14.0. The maximum absolute atomic E-state index is 14.1. The summed E-state index contributed by atoms with van der Waals surface area (Å²) in [6.45, 7) is 7.03. The van der Waals surface area contributed by atoms with Gasteiger partial charge in [0.1, 0.15) is 11.9 Å². The fraction of sp³-hybridized carbons (Fsp3) is 0.500. The minimum absolute atomic E-state index is 0.136. The Morgan fingerprint density at radius 2 is 2.42 bits per heavy atom. The number of rotatable bonds is 9. The summed E-state index contributed by atoms with van der Waals surface area (Å²) in [6, 6.07) is 4.57. The third kappa shape index (κ3) is 5.62. The lowest BCUT2D eigenvalue weighted by molar-refractivity contribution is -0.126. The summed E-state index contributed by atoms with van der Waals surface area (Å²) in [7, 11) is 0. The summed E-state index contributed by atoms with van der Waals surface area (Å²) in [6.07, 6.45) is 3.97. The van der Waals surface area contributed by atoms with Crippen LogP contribution < -0.4 is 10.6 Å². The minimum Gasteiger partial charge on any atom is -0.380 e. The van der Waals surface area contributed by atoms with Gasteiger partial charge in [-0.15, -0.1) is 6.58 Å². The Kier molecular flexibility index (Phi) is 7.21. The molecule has 0 radical (unpaired) electrons. The van der Waals surface area contributed by atoms with E-state index in [2.05, 4.69) is 17.2 Å². The summed E-state index contributed by atoms with van der Waals surface area (Å²) >= 11 is 0. The number of hydrogen-bond acceptors (Lipinski definition) is 4. The van der Waals surface area contributed by atoms with Crippen molar-refractivity contribution in [2.45, 2.75) is 38.4 Å². The Bertz CT molecular complexity index is 559. The number of ether oxygens (including phenoxy) is 2. The van der Waals surface area contributed by atoms with Crippen molar-refractivity contribution >= 4 is 17.3 Å². The number of carbonyl (C=O) groups excluding carboxylic acids is 1. The minimum atomic E-state index is -0.606. The van der Waals surface area contributed by atoms with Gasteiger partial charge in [-0.05, 0) is 44.4 Å². The van der Waals surface area contributed by atoms with Crippen molar-refractivity contribution in [3.63, 3.8) is 0 Å². The summed E-state index contributed by atoms with van der Waals surface area (Å²) < 4.78 is 25.0. The molecule has 0 bridgehead atoms. The third-order valence-electron chi connectivity index (χ3n) is 3.84. The number of benzene rings is 1. The first-order valence-electron chi connectivity index (χ1n) is 8.28. The SMILES string of the molecule is C=CCCO[C@H](C)C(=O)Nc1ccc(NC[C@H]2CCCO2)c(F)c1. The van der Waals surface area contributed by atoms with Gasteiger partial charge in [0.2, 0.25) is 0 Å². The highest BCUT2D eigenvalue weighted by Crippen LogP contribution is 2.20. The van der Waals surface area contributed by atoms with E-state index in [0.29, 0.717) is 30.9 Å². The van der Waals surface area contributed by atoms with Crippen LogP contribution in [0.2, 0.25) is 0 Å². The molecule has 1 heterocycles. The van der Waals surface area contributed by atoms with Crippen LogP contribution in [0.15, 0.2) is 30.9 Å². The van der Waals surface area contributed by atoms with Crippen molar-refractivity contribution in [2.24, 2.45) is 0 Å². The molecule has 1 saturated heterocycles. The second-order valence-electron chi connectivity index (χ2n) is 5.79.